The van der Waals surface area contributed by atoms with Gasteiger partial charge in [-0.3, -0.25) is 0 Å². The number of hydrogen-bond acceptors (Lipinski definition) is 4. The summed E-state index contributed by atoms with van der Waals surface area (Å²) in [6.45, 7) is 3.47. The van der Waals surface area contributed by atoms with Gasteiger partial charge in [-0.15, -0.1) is 0 Å². The molecular weight excluding hydrogens is 250 g/mol. The number of carboxylic acid groups (broad SMARTS) is 1. The van der Waals surface area contributed by atoms with Crippen LogP contribution in [0.4, 0.5) is 4.79 Å². The van der Waals surface area contributed by atoms with E-state index in [1.54, 1.807) is 0 Å². The summed E-state index contributed by atoms with van der Waals surface area (Å²) in [5.41, 5.74) is 0. The zero-order valence-corrected chi connectivity index (χ0v) is 11.1. The number of aliphatic hydroxyl groups excluding tert-OH is 1. The van der Waals surface area contributed by atoms with Gasteiger partial charge in [0, 0.05) is 19.6 Å². The van der Waals surface area contributed by atoms with Gasteiger partial charge in [0.15, 0.2) is 0 Å². The van der Waals surface area contributed by atoms with Crippen molar-refractivity contribution < 1.29 is 19.8 Å². The fourth-order valence-electron chi connectivity index (χ4n) is 2.11. The average Bonchev–Trinajstić information content (AvgIpc) is 2.87. The van der Waals surface area contributed by atoms with Gasteiger partial charge in [-0.2, -0.15) is 0 Å². The summed E-state index contributed by atoms with van der Waals surface area (Å²) in [6.07, 6.45) is 3.35. The molecule has 0 spiro atoms. The number of nitrogens with zero attached hydrogens (tertiary/aromatic N) is 1. The van der Waals surface area contributed by atoms with Crippen molar-refractivity contribution in [3.8, 4) is 0 Å². The number of likely N-dealkylation sites (tertiary alicyclic amines) is 1. The molecule has 0 aromatic heterocycles. The Morgan fingerprint density at radius 2 is 1.95 bits per heavy atom. The number of carbonyl (C=O) groups is 2. The van der Waals surface area contributed by atoms with Gasteiger partial charge in [-0.05, 0) is 38.9 Å². The van der Waals surface area contributed by atoms with Crippen LogP contribution < -0.4 is 10.6 Å². The highest BCUT2D eigenvalue weighted by molar-refractivity contribution is 5.82. The summed E-state index contributed by atoms with van der Waals surface area (Å²) in [4.78, 5) is 24.6. The normalized spacial score (nSPS) is 17.1. The number of hydrogen-bond donors (Lipinski definition) is 4. The molecule has 1 unspecified atom stereocenters. The third-order valence-corrected chi connectivity index (χ3v) is 3.16. The topological polar surface area (TPSA) is 102 Å². The lowest BCUT2D eigenvalue weighted by molar-refractivity contribution is -0.139. The lowest BCUT2D eigenvalue weighted by Crippen LogP contribution is -2.46. The van der Waals surface area contributed by atoms with Crippen molar-refractivity contribution >= 4 is 12.0 Å². The molecule has 4 N–H and O–H groups in total. The SMILES string of the molecule is O=C(NCCCN1CCCC1)NC(CCO)C(=O)O. The van der Waals surface area contributed by atoms with Crippen LogP contribution >= 0.6 is 0 Å². The van der Waals surface area contributed by atoms with Gasteiger partial charge < -0.3 is 25.7 Å². The second-order valence-corrected chi connectivity index (χ2v) is 4.71. The maximum atomic E-state index is 11.4. The Labute approximate surface area is 113 Å². The molecule has 2 amide bonds. The standard InChI is InChI=1S/C12H23N3O4/c16-9-4-10(11(17)18)14-12(19)13-5-3-8-15-6-1-2-7-15/h10,16H,1-9H2,(H,17,18)(H2,13,14,19). The average molecular weight is 273 g/mol. The molecule has 0 radical (unpaired) electrons. The number of carbonyl (C=O) groups excluding carboxylic acids is 1. The summed E-state index contributed by atoms with van der Waals surface area (Å²) >= 11 is 0. The fourth-order valence-corrected chi connectivity index (χ4v) is 2.11. The minimum absolute atomic E-state index is 0.0104. The van der Waals surface area contributed by atoms with Crippen molar-refractivity contribution in [2.45, 2.75) is 31.7 Å². The Kier molecular flexibility index (Phi) is 7.20. The van der Waals surface area contributed by atoms with Crippen molar-refractivity contribution in [1.29, 1.82) is 0 Å². The molecule has 0 aromatic rings. The molecule has 1 atom stereocenters. The number of rotatable bonds is 8. The summed E-state index contributed by atoms with van der Waals surface area (Å²) in [6, 6.07) is -1.54. The van der Waals surface area contributed by atoms with Crippen molar-refractivity contribution in [2.24, 2.45) is 0 Å². The first-order valence-corrected chi connectivity index (χ1v) is 6.74. The van der Waals surface area contributed by atoms with Crippen LogP contribution in [0.3, 0.4) is 0 Å². The van der Waals surface area contributed by atoms with Gasteiger partial charge in [0.2, 0.25) is 0 Å². The smallest absolute Gasteiger partial charge is 0.326 e. The van der Waals surface area contributed by atoms with E-state index in [4.69, 9.17) is 10.2 Å². The molecule has 1 aliphatic heterocycles. The lowest BCUT2D eigenvalue weighted by atomic mass is 10.2. The van der Waals surface area contributed by atoms with E-state index < -0.39 is 18.0 Å². The fraction of sp³-hybridized carbons (Fsp3) is 0.833. The summed E-state index contributed by atoms with van der Waals surface area (Å²) in [5.74, 6) is -1.14. The van der Waals surface area contributed by atoms with Crippen molar-refractivity contribution in [3.05, 3.63) is 0 Å². The first-order valence-electron chi connectivity index (χ1n) is 6.74. The van der Waals surface area contributed by atoms with E-state index in [9.17, 15) is 9.59 Å². The molecule has 19 heavy (non-hydrogen) atoms. The van der Waals surface area contributed by atoms with Gasteiger partial charge in [0.05, 0.1) is 0 Å². The third-order valence-electron chi connectivity index (χ3n) is 3.16. The third kappa shape index (κ3) is 6.40. The van der Waals surface area contributed by atoms with E-state index in [1.165, 1.54) is 12.8 Å². The van der Waals surface area contributed by atoms with Gasteiger partial charge >= 0.3 is 12.0 Å². The number of amides is 2. The molecule has 1 rings (SSSR count). The summed E-state index contributed by atoms with van der Waals surface area (Å²) in [5, 5.41) is 22.5. The van der Waals surface area contributed by atoms with Crippen molar-refractivity contribution in [2.75, 3.05) is 32.8 Å². The molecular formula is C12H23N3O4. The van der Waals surface area contributed by atoms with E-state index in [0.29, 0.717) is 6.54 Å². The molecule has 1 aliphatic rings. The van der Waals surface area contributed by atoms with E-state index in [1.807, 2.05) is 0 Å². The maximum Gasteiger partial charge on any atom is 0.326 e. The Hall–Kier alpha value is -1.34. The van der Waals surface area contributed by atoms with Gasteiger partial charge in [-0.25, -0.2) is 9.59 Å². The van der Waals surface area contributed by atoms with Crippen LogP contribution in [0.5, 0.6) is 0 Å². The van der Waals surface area contributed by atoms with Crippen LogP contribution in [0.15, 0.2) is 0 Å². The van der Waals surface area contributed by atoms with Crippen molar-refractivity contribution in [3.63, 3.8) is 0 Å². The second-order valence-electron chi connectivity index (χ2n) is 4.71. The number of carboxylic acids is 1. The van der Waals surface area contributed by atoms with Gasteiger partial charge in [0.25, 0.3) is 0 Å². The van der Waals surface area contributed by atoms with E-state index in [-0.39, 0.29) is 13.0 Å². The Morgan fingerprint density at radius 3 is 2.53 bits per heavy atom. The number of aliphatic carboxylic acids is 1. The highest BCUT2D eigenvalue weighted by Gasteiger charge is 2.18. The maximum absolute atomic E-state index is 11.4. The Morgan fingerprint density at radius 1 is 1.26 bits per heavy atom. The molecule has 7 nitrogen and oxygen atoms in total. The van der Waals surface area contributed by atoms with E-state index in [0.717, 1.165) is 26.1 Å². The number of urea groups is 1. The van der Waals surface area contributed by atoms with Crippen molar-refractivity contribution in [1.82, 2.24) is 15.5 Å². The highest BCUT2D eigenvalue weighted by Crippen LogP contribution is 2.06. The first kappa shape index (κ1) is 15.7. The number of aliphatic hydroxyl groups is 1. The lowest BCUT2D eigenvalue weighted by Gasteiger charge is -2.16. The summed E-state index contributed by atoms with van der Waals surface area (Å²) in [7, 11) is 0. The molecule has 0 aliphatic carbocycles. The molecule has 1 saturated heterocycles. The van der Waals surface area contributed by atoms with E-state index in [2.05, 4.69) is 15.5 Å². The molecule has 7 heteroatoms. The highest BCUT2D eigenvalue weighted by atomic mass is 16.4. The monoisotopic (exact) mass is 273 g/mol. The predicted octanol–water partition coefficient (Wildman–Crippen LogP) is -0.393. The molecule has 110 valence electrons. The Bertz CT molecular complexity index is 293. The molecule has 1 fully saturated rings. The summed E-state index contributed by atoms with van der Waals surface area (Å²) < 4.78 is 0. The predicted molar refractivity (Wildman–Crippen MR) is 70.0 cm³/mol. The number of nitrogens with one attached hydrogen (secondary N) is 2. The minimum Gasteiger partial charge on any atom is -0.480 e. The van der Waals surface area contributed by atoms with E-state index >= 15 is 0 Å². The first-order chi connectivity index (χ1) is 9.13. The largest absolute Gasteiger partial charge is 0.480 e. The molecule has 0 saturated carbocycles. The van der Waals surface area contributed by atoms with Crippen LogP contribution in [0.25, 0.3) is 0 Å². The molecule has 1 heterocycles. The van der Waals surface area contributed by atoms with Gasteiger partial charge in [-0.1, -0.05) is 0 Å². The molecule has 0 aromatic carbocycles. The van der Waals surface area contributed by atoms with Crippen LogP contribution in [-0.2, 0) is 4.79 Å². The van der Waals surface area contributed by atoms with Crippen LogP contribution in [-0.4, -0.2) is 65.9 Å². The molecule has 0 bridgehead atoms. The quantitative estimate of drug-likeness (QED) is 0.451. The zero-order chi connectivity index (χ0) is 14.1. The second kappa shape index (κ2) is 8.71. The van der Waals surface area contributed by atoms with Crippen LogP contribution in [0.1, 0.15) is 25.7 Å². The minimum atomic E-state index is -1.14. The Balaban J connectivity index is 2.10. The van der Waals surface area contributed by atoms with Crippen LogP contribution in [0, 0.1) is 0 Å². The van der Waals surface area contributed by atoms with Crippen LogP contribution in [0.2, 0.25) is 0 Å². The van der Waals surface area contributed by atoms with Gasteiger partial charge in [0.1, 0.15) is 6.04 Å². The zero-order valence-electron chi connectivity index (χ0n) is 11.1.